The highest BCUT2D eigenvalue weighted by Crippen LogP contribution is 2.35. The van der Waals surface area contributed by atoms with Gasteiger partial charge in [-0.05, 0) is 140 Å². The molecule has 27 nitrogen and oxygen atoms in total. The van der Waals surface area contributed by atoms with Gasteiger partial charge < -0.3 is 63.8 Å². The summed E-state index contributed by atoms with van der Waals surface area (Å²) in [7, 11) is 0. The van der Waals surface area contributed by atoms with Crippen LogP contribution < -0.4 is 44.9 Å². The Morgan fingerprint density at radius 2 is 0.718 bits per heavy atom. The molecule has 30 heteroatoms. The van der Waals surface area contributed by atoms with E-state index in [2.05, 4.69) is 132 Å². The summed E-state index contributed by atoms with van der Waals surface area (Å²) in [5.41, 5.74) is 9.13. The molecule has 9 fully saturated rings. The fourth-order valence-electron chi connectivity index (χ4n) is 15.5. The molecular formula is C87H97FN18O9S2+2. The van der Waals surface area contributed by atoms with E-state index in [1.54, 1.807) is 48.9 Å². The Balaban J connectivity index is 0.000000131. The number of piperazine rings is 3. The fourth-order valence-corrected chi connectivity index (χ4v) is 18.1. The molecule has 0 saturated carbocycles. The minimum Gasteiger partial charge on any atom is -0.489 e. The summed E-state index contributed by atoms with van der Waals surface area (Å²) in [6, 6.07) is 52.3. The number of rotatable bonds is 21. The lowest BCUT2D eigenvalue weighted by atomic mass is 10.1. The molecule has 0 aliphatic carbocycles. The van der Waals surface area contributed by atoms with Crippen molar-refractivity contribution >= 4 is 73.9 Å². The monoisotopic (exact) mass is 1620 g/mol. The summed E-state index contributed by atoms with van der Waals surface area (Å²) >= 11 is -1.00. The van der Waals surface area contributed by atoms with E-state index in [0.29, 0.717) is 117 Å². The Labute approximate surface area is 687 Å². The first-order valence-electron chi connectivity index (χ1n) is 40.4. The summed E-state index contributed by atoms with van der Waals surface area (Å²) in [6.07, 6.45) is 9.99. The lowest BCUT2D eigenvalue weighted by molar-refractivity contribution is -0.0661. The number of nitriles is 3. The first-order chi connectivity index (χ1) is 57.4. The van der Waals surface area contributed by atoms with Crippen molar-refractivity contribution in [3.05, 3.63) is 181 Å². The van der Waals surface area contributed by atoms with E-state index in [-0.39, 0.29) is 24.1 Å². The number of aromatic nitrogens is 6. The van der Waals surface area contributed by atoms with E-state index in [1.165, 1.54) is 17.4 Å². The molecule has 18 rings (SSSR count). The molecule has 0 radical (unpaired) electrons. The number of benzene rings is 6. The Kier molecular flexibility index (Phi) is 26.6. The summed E-state index contributed by atoms with van der Waals surface area (Å²) in [5.74, 6) is 7.89. The standard InChI is InChI=1S/C29H31FN6O3.2C29H33N6O3S/c30-25-16-22(2-3-26(25)36-11-9-35(10-12-36)23-18-38-19-23)33-28-5-8-32-29(34-28)20-1-4-27(21(15-20)17-31)39-24-6-13-37-14-7-24;2*30-18-22-17-21(1-6-27(22)38-26-8-15-39(36)16-9-26)29-31-10-7-28(33-29)32-23-2-4-24(5-3-23)34-11-13-35(14-12-34)25-19-37-20-25/h1-5,8,15-16,23-24H,6-7,9-14,18-19H2,(H,32,33,34);2*1-7,10,17,25-26,36H,8-9,11-16,19-20H2,(H,31,32,33)/q;2*+1. The Bertz CT molecular complexity index is 4750. The number of hydrogen-bond acceptors (Lipinski definition) is 27. The van der Waals surface area contributed by atoms with Crippen molar-refractivity contribution in [1.29, 1.82) is 15.8 Å². The molecular weight excluding hydrogens is 1520 g/mol. The lowest BCUT2D eigenvalue weighted by Gasteiger charge is -2.43. The van der Waals surface area contributed by atoms with Gasteiger partial charge in [-0.25, -0.2) is 34.3 Å². The van der Waals surface area contributed by atoms with E-state index < -0.39 is 22.4 Å². The van der Waals surface area contributed by atoms with Gasteiger partial charge >= 0.3 is 0 Å². The van der Waals surface area contributed by atoms with Gasteiger partial charge in [-0.1, -0.05) is 0 Å². The van der Waals surface area contributed by atoms with Gasteiger partial charge in [0.15, 0.2) is 17.5 Å². The fraction of sp³-hybridized carbons (Fsp3) is 0.414. The number of halogens is 1. The topological polar surface area (TPSA) is 309 Å². The van der Waals surface area contributed by atoms with Crippen LogP contribution in [0.15, 0.2) is 158 Å². The molecule has 0 atom stereocenters. The van der Waals surface area contributed by atoms with Crippen molar-refractivity contribution in [2.45, 2.75) is 75.0 Å². The Morgan fingerprint density at radius 3 is 1.05 bits per heavy atom. The van der Waals surface area contributed by atoms with E-state index in [0.717, 1.165) is 202 Å². The van der Waals surface area contributed by atoms with Crippen molar-refractivity contribution in [3.8, 4) is 69.6 Å². The second-order valence-corrected chi connectivity index (χ2v) is 33.8. The summed E-state index contributed by atoms with van der Waals surface area (Å²) < 4.78 is 74.3. The molecule has 606 valence electrons. The van der Waals surface area contributed by atoms with Crippen LogP contribution in [0.4, 0.5) is 56.0 Å². The van der Waals surface area contributed by atoms with E-state index in [4.69, 9.17) is 43.1 Å². The minimum atomic E-state index is -0.501. The van der Waals surface area contributed by atoms with Gasteiger partial charge in [-0.15, -0.1) is 0 Å². The van der Waals surface area contributed by atoms with Crippen LogP contribution in [0.2, 0.25) is 0 Å². The van der Waals surface area contributed by atoms with Crippen molar-refractivity contribution in [3.63, 3.8) is 0 Å². The van der Waals surface area contributed by atoms with E-state index >= 15 is 4.39 Å². The largest absolute Gasteiger partial charge is 0.489 e. The third kappa shape index (κ3) is 20.7. The average molecular weight is 1620 g/mol. The van der Waals surface area contributed by atoms with Crippen LogP contribution >= 0.6 is 0 Å². The number of anilines is 9. The molecule has 117 heavy (non-hydrogen) atoms. The zero-order valence-electron chi connectivity index (χ0n) is 65.3. The van der Waals surface area contributed by atoms with Gasteiger partial charge in [0.2, 0.25) is 0 Å². The van der Waals surface area contributed by atoms with Crippen LogP contribution in [0.1, 0.15) is 55.2 Å². The second kappa shape index (κ2) is 38.7. The van der Waals surface area contributed by atoms with Crippen LogP contribution in [0.5, 0.6) is 17.2 Å². The molecule has 0 bridgehead atoms. The van der Waals surface area contributed by atoms with Crippen LogP contribution in [0.3, 0.4) is 0 Å². The maximum absolute atomic E-state index is 15.1. The Hall–Kier alpha value is -10.5. The zero-order valence-corrected chi connectivity index (χ0v) is 67.0. The highest BCUT2D eigenvalue weighted by molar-refractivity contribution is 7.91. The predicted octanol–water partition coefficient (Wildman–Crippen LogP) is 11.8. The molecule has 9 aliphatic rings. The maximum atomic E-state index is 15.1. The van der Waals surface area contributed by atoms with Crippen molar-refractivity contribution in [1.82, 2.24) is 44.6 Å². The van der Waals surface area contributed by atoms with Gasteiger partial charge in [0.1, 0.15) is 122 Å². The highest BCUT2D eigenvalue weighted by Gasteiger charge is 2.35. The highest BCUT2D eigenvalue weighted by atomic mass is 32.2. The molecule has 12 heterocycles. The molecule has 0 unspecified atom stereocenters. The number of nitrogens with zero attached hydrogens (tertiary/aromatic N) is 15. The van der Waals surface area contributed by atoms with Crippen molar-refractivity contribution < 1.29 is 46.7 Å². The number of hydrogen-bond donors (Lipinski definition) is 5. The van der Waals surface area contributed by atoms with Gasteiger partial charge in [0.05, 0.1) is 93.4 Å². The maximum Gasteiger partial charge on any atom is 0.161 e. The predicted molar refractivity (Wildman–Crippen MR) is 452 cm³/mol. The molecule has 0 spiro atoms. The molecule has 0 amide bonds. The quantitative estimate of drug-likeness (QED) is 0.0417. The molecule has 3 aromatic heterocycles. The summed E-state index contributed by atoms with van der Waals surface area (Å²) in [4.78, 5) is 41.7. The third-order valence-electron chi connectivity index (χ3n) is 22.7. The smallest absolute Gasteiger partial charge is 0.161 e. The second-order valence-electron chi connectivity index (χ2n) is 30.3. The Morgan fingerprint density at radius 1 is 0.385 bits per heavy atom. The number of ether oxygens (including phenoxy) is 7. The van der Waals surface area contributed by atoms with Gasteiger partial charge in [0, 0.05) is 181 Å². The SMILES string of the molecule is N#Cc1cc(-c2nccc(Nc3ccc(N4CCN(C5COC5)CC4)c(F)c3)n2)ccc1OC1CCOCC1.N#Cc1cc(-c2nccc(Nc3ccc(N4CCN(C5COC5)CC4)cc3)n2)ccc1OC1CC[S+](O)CC1.N#Cc1cc(-c2nccc(Nc3ccc(N4CCN(C5COC5)CC4)cc3)n2)ccc1OC1CC[S+](O)CC1. The van der Waals surface area contributed by atoms with Gasteiger partial charge in [0.25, 0.3) is 0 Å². The summed E-state index contributed by atoms with van der Waals surface area (Å²) in [5, 5.41) is 39.1. The first kappa shape index (κ1) is 80.3. The van der Waals surface area contributed by atoms with Crippen LogP contribution in [-0.2, 0) is 41.3 Å². The average Bonchev–Trinajstić information content (AvgIpc) is 0.768. The van der Waals surface area contributed by atoms with Crippen LogP contribution in [0.25, 0.3) is 34.2 Å². The molecule has 9 saturated heterocycles. The third-order valence-corrected chi connectivity index (χ3v) is 25.5. The zero-order chi connectivity index (χ0) is 79.8. The van der Waals surface area contributed by atoms with E-state index in [1.807, 2.05) is 54.6 Å². The molecule has 9 aliphatic heterocycles. The molecule has 5 N–H and O–H groups in total. The van der Waals surface area contributed by atoms with Gasteiger partial charge in [-0.2, -0.15) is 24.9 Å². The normalized spacial score (nSPS) is 21.0. The molecule has 6 aromatic carbocycles. The summed E-state index contributed by atoms with van der Waals surface area (Å²) in [6.45, 7) is 18.2. The van der Waals surface area contributed by atoms with Crippen molar-refractivity contribution in [2.24, 2.45) is 0 Å². The van der Waals surface area contributed by atoms with Crippen molar-refractivity contribution in [2.75, 3.05) is 185 Å². The van der Waals surface area contributed by atoms with Crippen LogP contribution in [-0.4, -0.2) is 245 Å². The van der Waals surface area contributed by atoms with Gasteiger partial charge in [-0.3, -0.25) is 14.7 Å². The molecule has 9 aromatic rings. The van der Waals surface area contributed by atoms with E-state index in [9.17, 15) is 24.9 Å². The lowest BCUT2D eigenvalue weighted by Crippen LogP contribution is -2.56. The number of nitrogens with one attached hydrogen (secondary N) is 3. The first-order valence-corrected chi connectivity index (χ1v) is 43.4. The van der Waals surface area contributed by atoms with Crippen LogP contribution in [0, 0.1) is 39.8 Å². The minimum absolute atomic E-state index is 0.0288.